The Morgan fingerprint density at radius 3 is 2.19 bits per heavy atom. The fourth-order valence-electron chi connectivity index (χ4n) is 2.81. The fraction of sp³-hybridized carbons (Fsp3) is 0.357. The third-order valence-electron chi connectivity index (χ3n) is 3.82. The van der Waals surface area contributed by atoms with Crippen molar-refractivity contribution in [2.45, 2.75) is 18.9 Å². The first-order valence-electron chi connectivity index (χ1n) is 7.57. The van der Waals surface area contributed by atoms with Gasteiger partial charge in [-0.1, -0.05) is 18.2 Å². The van der Waals surface area contributed by atoms with Crippen molar-refractivity contribution in [3.05, 3.63) is 36.0 Å². The summed E-state index contributed by atoms with van der Waals surface area (Å²) >= 11 is 0. The van der Waals surface area contributed by atoms with Crippen LogP contribution < -0.4 is 0 Å². The van der Waals surface area contributed by atoms with Crippen LogP contribution in [0.1, 0.15) is 12.0 Å². The molecule has 26 heavy (non-hydrogen) atoms. The zero-order chi connectivity index (χ0) is 19.5. The molecule has 0 aliphatic rings. The van der Waals surface area contributed by atoms with Gasteiger partial charge in [-0.3, -0.25) is 18.8 Å². The van der Waals surface area contributed by atoms with Gasteiger partial charge in [-0.15, -0.1) is 0 Å². The Kier molecular flexibility index (Phi) is 6.42. The summed E-state index contributed by atoms with van der Waals surface area (Å²) in [6, 6.07) is 5.90. The average Bonchev–Trinajstić information content (AvgIpc) is 2.87. The van der Waals surface area contributed by atoms with Crippen molar-refractivity contribution in [1.29, 1.82) is 0 Å². The Bertz CT molecular complexity index is 847. The van der Waals surface area contributed by atoms with Crippen LogP contribution in [0.5, 0.6) is 0 Å². The maximum Gasteiger partial charge on any atom is 0.339 e. The van der Waals surface area contributed by atoms with E-state index in [2.05, 4.69) is 4.98 Å². The number of H-pyrrole nitrogens is 1. The molecule has 10 nitrogen and oxygen atoms in total. The quantitative estimate of drug-likeness (QED) is 0.334. The molecule has 2 aromatic rings. The third kappa shape index (κ3) is 6.03. The molecule has 1 heterocycles. The summed E-state index contributed by atoms with van der Waals surface area (Å²) in [6.07, 6.45) is -0.219. The Morgan fingerprint density at radius 1 is 1.08 bits per heavy atom. The van der Waals surface area contributed by atoms with E-state index in [4.69, 9.17) is 19.6 Å². The number of carbonyl (C=O) groups is 1. The molecule has 1 atom stereocenters. The van der Waals surface area contributed by atoms with E-state index in [1.807, 2.05) is 24.3 Å². The van der Waals surface area contributed by atoms with Gasteiger partial charge in [-0.05, 0) is 24.5 Å². The van der Waals surface area contributed by atoms with Gasteiger partial charge in [0.25, 0.3) is 0 Å². The highest BCUT2D eigenvalue weighted by molar-refractivity contribution is 7.52. The predicted octanol–water partition coefficient (Wildman–Crippen LogP) is 1.13. The number of carboxylic acids is 1. The zero-order valence-corrected chi connectivity index (χ0v) is 15.4. The highest BCUT2D eigenvalue weighted by Gasteiger charge is 2.34. The van der Waals surface area contributed by atoms with Crippen molar-refractivity contribution < 1.29 is 38.6 Å². The van der Waals surface area contributed by atoms with Gasteiger partial charge >= 0.3 is 21.2 Å². The lowest BCUT2D eigenvalue weighted by Crippen LogP contribution is -2.42. The number of aromatic amines is 1. The minimum atomic E-state index is -4.71. The lowest BCUT2D eigenvalue weighted by atomic mass is 10.0. The van der Waals surface area contributed by atoms with Crippen molar-refractivity contribution in [3.8, 4) is 0 Å². The molecule has 0 aliphatic heterocycles. The summed E-state index contributed by atoms with van der Waals surface area (Å²) in [5.74, 6) is -1.41. The smallest absolute Gasteiger partial charge is 0.339 e. The van der Waals surface area contributed by atoms with Crippen LogP contribution in [0.2, 0.25) is 0 Å². The molecule has 6 N–H and O–H groups in total. The molecule has 0 bridgehead atoms. The number of hydrogen-bond donors (Lipinski definition) is 6. The van der Waals surface area contributed by atoms with Crippen LogP contribution in [-0.4, -0.2) is 59.1 Å². The molecule has 0 amide bonds. The molecule has 1 aromatic carbocycles. The van der Waals surface area contributed by atoms with E-state index in [9.17, 15) is 19.0 Å². The Labute approximate surface area is 148 Å². The summed E-state index contributed by atoms with van der Waals surface area (Å²) in [4.78, 5) is 51.8. The van der Waals surface area contributed by atoms with E-state index in [-0.39, 0.29) is 12.8 Å². The van der Waals surface area contributed by atoms with E-state index in [1.165, 1.54) is 0 Å². The minimum Gasteiger partial charge on any atom is -0.480 e. The maximum atomic E-state index is 11.6. The number of aromatic nitrogens is 1. The van der Waals surface area contributed by atoms with Crippen LogP contribution in [-0.2, 0) is 20.3 Å². The molecule has 144 valence electrons. The molecule has 12 heteroatoms. The number of rotatable bonds is 9. The summed E-state index contributed by atoms with van der Waals surface area (Å²) < 4.78 is 22.5. The number of carboxylic acid groups (broad SMARTS) is 1. The fourth-order valence-corrected chi connectivity index (χ4v) is 4.51. The summed E-state index contributed by atoms with van der Waals surface area (Å²) in [6.45, 7) is 0. The van der Waals surface area contributed by atoms with Crippen molar-refractivity contribution in [2.75, 3.05) is 12.6 Å². The average molecular weight is 406 g/mol. The molecule has 0 radical (unpaired) electrons. The van der Waals surface area contributed by atoms with E-state index in [1.54, 1.807) is 6.20 Å². The summed E-state index contributed by atoms with van der Waals surface area (Å²) in [7, 11) is -9.42. The monoisotopic (exact) mass is 406 g/mol. The van der Waals surface area contributed by atoms with Gasteiger partial charge in [0, 0.05) is 17.1 Å². The van der Waals surface area contributed by atoms with Crippen molar-refractivity contribution in [1.82, 2.24) is 9.88 Å². The minimum absolute atomic E-state index is 0.0722. The number of para-hydroxylation sites is 1. The number of aliphatic carboxylic acids is 1. The predicted molar refractivity (Wildman–Crippen MR) is 93.7 cm³/mol. The van der Waals surface area contributed by atoms with Crippen LogP contribution in [0.15, 0.2) is 30.5 Å². The largest absolute Gasteiger partial charge is 0.480 e. The lowest BCUT2D eigenvalue weighted by molar-refractivity contribution is -0.142. The van der Waals surface area contributed by atoms with E-state index < -0.39 is 39.8 Å². The van der Waals surface area contributed by atoms with Gasteiger partial charge in [0.15, 0.2) is 0 Å². The molecule has 2 rings (SSSR count). The van der Waals surface area contributed by atoms with Crippen LogP contribution in [0.3, 0.4) is 0 Å². The van der Waals surface area contributed by atoms with Gasteiger partial charge in [-0.2, -0.15) is 0 Å². The van der Waals surface area contributed by atoms with Crippen LogP contribution in [0.25, 0.3) is 10.9 Å². The Balaban J connectivity index is 2.22. The standard InChI is InChI=1S/C14H20N2O8P2/c17-14(18)13(16(8-25(19,20)21)9-26(22,23)24)6-5-10-7-15-12-4-2-1-3-11(10)12/h1-4,7,13,15H,5-6,8-9H2,(H,17,18)(H2,19,20,21)(H2,22,23,24)/t13-/m0/s1. The number of nitrogens with zero attached hydrogens (tertiary/aromatic N) is 1. The zero-order valence-electron chi connectivity index (χ0n) is 13.6. The molecule has 0 saturated heterocycles. The number of fused-ring (bicyclic) bond motifs is 1. The van der Waals surface area contributed by atoms with Crippen molar-refractivity contribution >= 4 is 32.1 Å². The molecular weight excluding hydrogens is 386 g/mol. The normalized spacial score (nSPS) is 14.0. The first kappa shape index (κ1) is 20.8. The molecular formula is C14H20N2O8P2. The second-order valence-electron chi connectivity index (χ2n) is 5.95. The van der Waals surface area contributed by atoms with Gasteiger partial charge in [0.1, 0.15) is 18.6 Å². The van der Waals surface area contributed by atoms with Crippen LogP contribution in [0.4, 0.5) is 0 Å². The van der Waals surface area contributed by atoms with Crippen LogP contribution >= 0.6 is 15.2 Å². The van der Waals surface area contributed by atoms with Gasteiger partial charge < -0.3 is 29.7 Å². The lowest BCUT2D eigenvalue weighted by Gasteiger charge is -2.29. The number of hydrogen-bond acceptors (Lipinski definition) is 4. The van der Waals surface area contributed by atoms with Crippen molar-refractivity contribution in [3.63, 3.8) is 0 Å². The molecule has 0 unspecified atom stereocenters. The molecule has 0 spiro atoms. The maximum absolute atomic E-state index is 11.6. The highest BCUT2D eigenvalue weighted by Crippen LogP contribution is 2.42. The van der Waals surface area contributed by atoms with Crippen molar-refractivity contribution in [2.24, 2.45) is 0 Å². The van der Waals surface area contributed by atoms with E-state index >= 15 is 0 Å². The second kappa shape index (κ2) is 8.02. The van der Waals surface area contributed by atoms with Crippen LogP contribution in [0, 0.1) is 0 Å². The Morgan fingerprint density at radius 2 is 1.65 bits per heavy atom. The molecule has 0 fully saturated rings. The summed E-state index contributed by atoms with van der Waals surface area (Å²) in [5.41, 5.74) is 1.66. The molecule has 1 aromatic heterocycles. The first-order valence-corrected chi connectivity index (χ1v) is 11.2. The SMILES string of the molecule is O=C(O)[C@H](CCc1c[nH]c2ccccc12)N(CP(=O)(O)O)CP(=O)(O)O. The Hall–Kier alpha value is -1.51. The van der Waals surface area contributed by atoms with Gasteiger partial charge in [0.2, 0.25) is 0 Å². The molecule has 0 saturated carbocycles. The van der Waals surface area contributed by atoms with E-state index in [0.29, 0.717) is 4.90 Å². The van der Waals surface area contributed by atoms with E-state index in [0.717, 1.165) is 16.5 Å². The highest BCUT2D eigenvalue weighted by atomic mass is 31.2. The summed E-state index contributed by atoms with van der Waals surface area (Å²) in [5, 5.41) is 10.3. The topological polar surface area (TPSA) is 171 Å². The van der Waals surface area contributed by atoms with Gasteiger partial charge in [-0.25, -0.2) is 0 Å². The molecule has 0 aliphatic carbocycles. The third-order valence-corrected chi connectivity index (χ3v) is 5.28. The number of aryl methyl sites for hydroxylation is 1. The van der Waals surface area contributed by atoms with Gasteiger partial charge in [0.05, 0.1) is 0 Å². The number of nitrogens with one attached hydrogen (secondary N) is 1. The second-order valence-corrected chi connectivity index (χ2v) is 9.18. The number of benzene rings is 1. The first-order chi connectivity index (χ1) is 12.0.